The van der Waals surface area contributed by atoms with E-state index in [0.29, 0.717) is 36.4 Å². The van der Waals surface area contributed by atoms with Gasteiger partial charge in [-0.15, -0.1) is 11.3 Å². The number of nitrogens with zero attached hydrogens (tertiary/aromatic N) is 4. The lowest BCUT2D eigenvalue weighted by Crippen LogP contribution is -2.51. The molecule has 1 atom stereocenters. The van der Waals surface area contributed by atoms with Crippen LogP contribution in [0, 0.1) is 6.92 Å². The van der Waals surface area contributed by atoms with Crippen molar-refractivity contribution < 1.29 is 9.59 Å². The fraction of sp³-hybridized carbons (Fsp3) is 0.500. The Labute approximate surface area is 143 Å². The highest BCUT2D eigenvalue weighted by Crippen LogP contribution is 2.20. The third-order valence-electron chi connectivity index (χ3n) is 4.51. The maximum atomic E-state index is 12.7. The Balaban J connectivity index is 1.82. The highest BCUT2D eigenvalue weighted by atomic mass is 32.1. The Bertz CT molecular complexity index is 849. The molecule has 1 unspecified atom stereocenters. The van der Waals surface area contributed by atoms with Crippen molar-refractivity contribution in [3.05, 3.63) is 27.6 Å². The number of amides is 2. The molecule has 128 valence electrons. The summed E-state index contributed by atoms with van der Waals surface area (Å²) in [5, 5.41) is 2.49. The standard InChI is InChI=1S/C16H20N4O3S/c1-10-8-24-14-13(10)16(23)20(9-17-14)11(2)15(22)19-6-4-18(5-7-19)12(3)21/h8-9,11H,4-7H2,1-3H3. The maximum Gasteiger partial charge on any atom is 0.263 e. The molecule has 2 aromatic heterocycles. The lowest BCUT2D eigenvalue weighted by atomic mass is 10.2. The summed E-state index contributed by atoms with van der Waals surface area (Å²) in [6.07, 6.45) is 1.45. The van der Waals surface area contributed by atoms with Crippen LogP contribution in [0.4, 0.5) is 0 Å². The van der Waals surface area contributed by atoms with Gasteiger partial charge in [0, 0.05) is 33.1 Å². The van der Waals surface area contributed by atoms with Gasteiger partial charge in [0.1, 0.15) is 10.9 Å². The van der Waals surface area contributed by atoms with Crippen molar-refractivity contribution in [3.63, 3.8) is 0 Å². The highest BCUT2D eigenvalue weighted by molar-refractivity contribution is 7.16. The molecular weight excluding hydrogens is 328 g/mol. The van der Waals surface area contributed by atoms with E-state index in [-0.39, 0.29) is 17.4 Å². The molecule has 2 amide bonds. The minimum absolute atomic E-state index is 0.0222. The average molecular weight is 348 g/mol. The van der Waals surface area contributed by atoms with Gasteiger partial charge in [0.25, 0.3) is 5.56 Å². The molecule has 1 aliphatic heterocycles. The zero-order chi connectivity index (χ0) is 17.4. The fourth-order valence-corrected chi connectivity index (χ4v) is 3.86. The van der Waals surface area contributed by atoms with Gasteiger partial charge in [0.2, 0.25) is 11.8 Å². The van der Waals surface area contributed by atoms with Crippen LogP contribution in [0.15, 0.2) is 16.5 Å². The molecule has 0 N–H and O–H groups in total. The van der Waals surface area contributed by atoms with Gasteiger partial charge < -0.3 is 9.80 Å². The van der Waals surface area contributed by atoms with Gasteiger partial charge in [-0.05, 0) is 24.8 Å². The van der Waals surface area contributed by atoms with Gasteiger partial charge in [0.05, 0.1) is 11.7 Å². The number of thiophene rings is 1. The van der Waals surface area contributed by atoms with Crippen LogP contribution in [-0.4, -0.2) is 57.3 Å². The Kier molecular flexibility index (Phi) is 4.40. The van der Waals surface area contributed by atoms with Crippen LogP contribution in [0.3, 0.4) is 0 Å². The molecule has 0 radical (unpaired) electrons. The molecule has 1 saturated heterocycles. The molecule has 2 aromatic rings. The van der Waals surface area contributed by atoms with E-state index in [1.54, 1.807) is 16.7 Å². The van der Waals surface area contributed by atoms with E-state index in [1.807, 2.05) is 12.3 Å². The van der Waals surface area contributed by atoms with E-state index in [2.05, 4.69) is 4.98 Å². The van der Waals surface area contributed by atoms with Gasteiger partial charge >= 0.3 is 0 Å². The molecule has 0 aromatic carbocycles. The Morgan fingerprint density at radius 2 is 1.83 bits per heavy atom. The van der Waals surface area contributed by atoms with E-state index < -0.39 is 6.04 Å². The Morgan fingerprint density at radius 1 is 1.21 bits per heavy atom. The number of hydrogen-bond acceptors (Lipinski definition) is 5. The summed E-state index contributed by atoms with van der Waals surface area (Å²) in [6, 6.07) is -0.613. The first kappa shape index (κ1) is 16.6. The molecule has 3 rings (SSSR count). The van der Waals surface area contributed by atoms with Crippen molar-refractivity contribution in [1.82, 2.24) is 19.4 Å². The lowest BCUT2D eigenvalue weighted by molar-refractivity contribution is -0.140. The van der Waals surface area contributed by atoms with Crippen LogP contribution >= 0.6 is 11.3 Å². The molecule has 0 saturated carbocycles. The summed E-state index contributed by atoms with van der Waals surface area (Å²) in [5.41, 5.74) is 0.707. The second-order valence-corrected chi connectivity index (χ2v) is 6.92. The third-order valence-corrected chi connectivity index (χ3v) is 5.52. The van der Waals surface area contributed by atoms with Crippen molar-refractivity contribution >= 4 is 33.4 Å². The van der Waals surface area contributed by atoms with Crippen molar-refractivity contribution in [2.45, 2.75) is 26.8 Å². The molecule has 0 aliphatic carbocycles. The zero-order valence-corrected chi connectivity index (χ0v) is 14.8. The van der Waals surface area contributed by atoms with Crippen LogP contribution < -0.4 is 5.56 Å². The predicted molar refractivity (Wildman–Crippen MR) is 92.2 cm³/mol. The highest BCUT2D eigenvalue weighted by Gasteiger charge is 2.27. The minimum Gasteiger partial charge on any atom is -0.339 e. The number of aromatic nitrogens is 2. The number of carbonyl (C=O) groups excluding carboxylic acids is 2. The second-order valence-electron chi connectivity index (χ2n) is 6.06. The first-order valence-electron chi connectivity index (χ1n) is 7.89. The molecule has 24 heavy (non-hydrogen) atoms. The summed E-state index contributed by atoms with van der Waals surface area (Å²) in [4.78, 5) is 45.2. The number of fused-ring (bicyclic) bond motifs is 1. The molecule has 0 spiro atoms. The monoisotopic (exact) mass is 348 g/mol. The number of aryl methyl sites for hydroxylation is 1. The van der Waals surface area contributed by atoms with Crippen LogP contribution in [0.1, 0.15) is 25.5 Å². The average Bonchev–Trinajstić information content (AvgIpc) is 2.96. The molecule has 3 heterocycles. The Hall–Kier alpha value is -2.22. The van der Waals surface area contributed by atoms with E-state index in [1.165, 1.54) is 29.2 Å². The van der Waals surface area contributed by atoms with Crippen LogP contribution in [-0.2, 0) is 9.59 Å². The number of carbonyl (C=O) groups is 2. The van der Waals surface area contributed by atoms with Gasteiger partial charge in [-0.3, -0.25) is 19.0 Å². The summed E-state index contributed by atoms with van der Waals surface area (Å²) < 4.78 is 1.40. The van der Waals surface area contributed by atoms with Crippen LogP contribution in [0.5, 0.6) is 0 Å². The first-order valence-corrected chi connectivity index (χ1v) is 8.77. The van der Waals surface area contributed by atoms with Crippen molar-refractivity contribution in [2.24, 2.45) is 0 Å². The zero-order valence-electron chi connectivity index (χ0n) is 14.0. The smallest absolute Gasteiger partial charge is 0.263 e. The molecule has 0 bridgehead atoms. The van der Waals surface area contributed by atoms with Gasteiger partial charge in [-0.2, -0.15) is 0 Å². The topological polar surface area (TPSA) is 75.5 Å². The number of rotatable bonds is 2. The fourth-order valence-electron chi connectivity index (χ4n) is 2.98. The number of hydrogen-bond donors (Lipinski definition) is 0. The lowest BCUT2D eigenvalue weighted by Gasteiger charge is -2.35. The first-order chi connectivity index (χ1) is 11.4. The van der Waals surface area contributed by atoms with Crippen LogP contribution in [0.2, 0.25) is 0 Å². The van der Waals surface area contributed by atoms with Crippen LogP contribution in [0.25, 0.3) is 10.2 Å². The van der Waals surface area contributed by atoms with E-state index >= 15 is 0 Å². The molecule has 7 nitrogen and oxygen atoms in total. The second kappa shape index (κ2) is 6.35. The van der Waals surface area contributed by atoms with Crippen molar-refractivity contribution in [1.29, 1.82) is 0 Å². The van der Waals surface area contributed by atoms with Gasteiger partial charge in [-0.1, -0.05) is 0 Å². The SMILES string of the molecule is CC(=O)N1CCN(C(=O)C(C)n2cnc3scc(C)c3c2=O)CC1. The molecule has 1 aliphatic rings. The van der Waals surface area contributed by atoms with Crippen molar-refractivity contribution in [2.75, 3.05) is 26.2 Å². The van der Waals surface area contributed by atoms with E-state index in [9.17, 15) is 14.4 Å². The van der Waals surface area contributed by atoms with Gasteiger partial charge in [0.15, 0.2) is 0 Å². The normalized spacial score (nSPS) is 16.5. The summed E-state index contributed by atoms with van der Waals surface area (Å²) in [6.45, 7) is 7.17. The molecule has 8 heteroatoms. The molecular formula is C16H20N4O3S. The largest absolute Gasteiger partial charge is 0.339 e. The Morgan fingerprint density at radius 3 is 2.46 bits per heavy atom. The number of piperazine rings is 1. The minimum atomic E-state index is -0.613. The summed E-state index contributed by atoms with van der Waals surface area (Å²) in [7, 11) is 0. The van der Waals surface area contributed by atoms with E-state index in [0.717, 1.165) is 5.56 Å². The predicted octanol–water partition coefficient (Wildman–Crippen LogP) is 1.02. The molecule has 1 fully saturated rings. The quantitative estimate of drug-likeness (QED) is 0.812. The summed E-state index contributed by atoms with van der Waals surface area (Å²) >= 11 is 1.43. The summed E-state index contributed by atoms with van der Waals surface area (Å²) in [5.74, 6) is -0.0942. The van der Waals surface area contributed by atoms with E-state index in [4.69, 9.17) is 0 Å². The third kappa shape index (κ3) is 2.82. The van der Waals surface area contributed by atoms with Gasteiger partial charge in [-0.25, -0.2) is 4.98 Å². The van der Waals surface area contributed by atoms with Crippen molar-refractivity contribution in [3.8, 4) is 0 Å². The maximum absolute atomic E-state index is 12.7.